The van der Waals surface area contributed by atoms with Gasteiger partial charge in [0.05, 0.1) is 26.1 Å². The first kappa shape index (κ1) is 9.82. The van der Waals surface area contributed by atoms with E-state index in [0.717, 1.165) is 35.5 Å². The molecule has 6 atom stereocenters. The molecule has 0 aliphatic heterocycles. The summed E-state index contributed by atoms with van der Waals surface area (Å²) in [6.07, 6.45) is 0. The van der Waals surface area contributed by atoms with Crippen molar-refractivity contribution in [3.8, 4) is 0 Å². The molecule has 0 radical (unpaired) electrons. The van der Waals surface area contributed by atoms with E-state index in [1.54, 1.807) is 0 Å². The summed E-state index contributed by atoms with van der Waals surface area (Å²) in [5, 5.41) is 0. The van der Waals surface area contributed by atoms with Crippen LogP contribution in [0.2, 0.25) is 0 Å². The maximum absolute atomic E-state index is 12.1. The fourth-order valence-electron chi connectivity index (χ4n) is 6.87. The Morgan fingerprint density at radius 3 is 1.17 bits per heavy atom. The van der Waals surface area contributed by atoms with E-state index in [4.69, 9.17) is 9.47 Å². The van der Waals surface area contributed by atoms with E-state index >= 15 is 0 Å². The van der Waals surface area contributed by atoms with Crippen LogP contribution in [0.4, 0.5) is 0 Å². The average Bonchev–Trinajstić information content (AvgIpc) is 2.36. The summed E-state index contributed by atoms with van der Waals surface area (Å²) in [4.78, 5) is 24.1. The predicted molar refractivity (Wildman–Crippen MR) is 58.9 cm³/mol. The highest BCUT2D eigenvalue weighted by Gasteiger charge is 2.92. The van der Waals surface area contributed by atoms with E-state index in [9.17, 15) is 9.59 Å². The normalized spacial score (nSPS) is 63.4. The lowest BCUT2D eigenvalue weighted by atomic mass is 9.09. The number of hydrogen-bond donors (Lipinski definition) is 0. The second kappa shape index (κ2) is 2.61. The molecule has 0 spiro atoms. The molecule has 18 heavy (non-hydrogen) atoms. The molecule has 96 valence electrons. The first-order chi connectivity index (χ1) is 8.72. The first-order valence-corrected chi connectivity index (χ1v) is 6.88. The molecule has 0 aromatic carbocycles. The van der Waals surface area contributed by atoms with Crippen LogP contribution in [-0.2, 0) is 19.1 Å². The smallest absolute Gasteiger partial charge is 0.309 e. The standard InChI is InChI=1S/C14H16O4/c1-17-13(15)11-9-5-3-4-7(5)10(8(4)6(3)9)12(11)14(16)18-2/h3-12H,1-2H3/t3?,4?,5-,6-,7+,8+,9?,10?,11-,12+. The summed E-state index contributed by atoms with van der Waals surface area (Å²) in [7, 11) is 2.86. The third kappa shape index (κ3) is 0.648. The molecular weight excluding hydrogens is 232 g/mol. The number of hydrogen-bond acceptors (Lipinski definition) is 4. The SMILES string of the molecule is COC(=O)[C@@H]1C2[C@@H]3C4C5[C@@H]3C([C@@H]5[C@@H]42)[C@@H]1C(=O)OC. The second-order valence-electron chi connectivity index (χ2n) is 6.72. The van der Waals surface area contributed by atoms with Crippen molar-refractivity contribution in [2.45, 2.75) is 0 Å². The number of rotatable bonds is 2. The number of esters is 2. The highest BCUT2D eigenvalue weighted by molar-refractivity contribution is 5.84. The largest absolute Gasteiger partial charge is 0.469 e. The minimum atomic E-state index is -0.215. The predicted octanol–water partition coefficient (Wildman–Crippen LogP) is 0.562. The van der Waals surface area contributed by atoms with Crippen LogP contribution in [0.3, 0.4) is 0 Å². The minimum Gasteiger partial charge on any atom is -0.469 e. The molecule has 6 saturated carbocycles. The molecule has 0 amide bonds. The Bertz CT molecular complexity index is 422. The molecule has 0 unspecified atom stereocenters. The summed E-state index contributed by atoms with van der Waals surface area (Å²) >= 11 is 0. The maximum atomic E-state index is 12.1. The van der Waals surface area contributed by atoms with Gasteiger partial charge in [0, 0.05) is 0 Å². The fourth-order valence-corrected chi connectivity index (χ4v) is 6.87. The van der Waals surface area contributed by atoms with E-state index < -0.39 is 0 Å². The van der Waals surface area contributed by atoms with Crippen LogP contribution >= 0.6 is 0 Å². The third-order valence-electron chi connectivity index (χ3n) is 7.05. The lowest BCUT2D eigenvalue weighted by molar-refractivity contribution is -0.479. The third-order valence-corrected chi connectivity index (χ3v) is 7.05. The molecule has 0 heterocycles. The van der Waals surface area contributed by atoms with Crippen LogP contribution in [-0.4, -0.2) is 26.2 Å². The second-order valence-corrected chi connectivity index (χ2v) is 6.72. The summed E-state index contributed by atoms with van der Waals surface area (Å²) in [6, 6.07) is 0. The van der Waals surface area contributed by atoms with Crippen molar-refractivity contribution < 1.29 is 19.1 Å². The van der Waals surface area contributed by atoms with Gasteiger partial charge in [-0.1, -0.05) is 0 Å². The molecular formula is C14H16O4. The highest BCUT2D eigenvalue weighted by atomic mass is 16.5. The maximum Gasteiger partial charge on any atom is 0.309 e. The Kier molecular flexibility index (Phi) is 1.42. The van der Waals surface area contributed by atoms with Crippen LogP contribution in [0, 0.1) is 59.2 Å². The molecule has 6 aliphatic carbocycles. The van der Waals surface area contributed by atoms with Gasteiger partial charge in [-0.2, -0.15) is 0 Å². The first-order valence-electron chi connectivity index (χ1n) is 6.88. The number of ether oxygens (including phenoxy) is 2. The van der Waals surface area contributed by atoms with E-state index in [1.165, 1.54) is 14.2 Å². The number of fused-ring (bicyclic) bond motifs is 1. The molecule has 4 nitrogen and oxygen atoms in total. The van der Waals surface area contributed by atoms with Crippen LogP contribution in [0.25, 0.3) is 0 Å². The van der Waals surface area contributed by atoms with Gasteiger partial charge in [-0.05, 0) is 47.3 Å². The average molecular weight is 248 g/mol. The van der Waals surface area contributed by atoms with Gasteiger partial charge in [0.2, 0.25) is 0 Å². The number of carbonyl (C=O) groups excluding carboxylic acids is 2. The Morgan fingerprint density at radius 2 is 0.889 bits per heavy atom. The molecule has 6 fully saturated rings. The summed E-state index contributed by atoms with van der Waals surface area (Å²) in [5.41, 5.74) is 0. The van der Waals surface area contributed by atoms with Gasteiger partial charge in [0.15, 0.2) is 0 Å². The van der Waals surface area contributed by atoms with Crippen molar-refractivity contribution in [1.29, 1.82) is 0 Å². The molecule has 0 saturated heterocycles. The molecule has 6 rings (SSSR count). The van der Waals surface area contributed by atoms with Gasteiger partial charge >= 0.3 is 11.9 Å². The minimum absolute atomic E-state index is 0.189. The lowest BCUT2D eigenvalue weighted by Crippen LogP contribution is -2.93. The number of methoxy groups -OCH3 is 2. The van der Waals surface area contributed by atoms with Crippen molar-refractivity contribution in [2.24, 2.45) is 59.2 Å². The summed E-state index contributed by atoms with van der Waals surface area (Å²) in [5.74, 6) is 4.81. The van der Waals surface area contributed by atoms with Crippen molar-refractivity contribution in [2.75, 3.05) is 14.2 Å². The Hall–Kier alpha value is -1.06. The van der Waals surface area contributed by atoms with Crippen molar-refractivity contribution >= 4 is 11.9 Å². The molecule has 0 aromatic rings. The van der Waals surface area contributed by atoms with E-state index in [1.807, 2.05) is 0 Å². The molecule has 2 bridgehead atoms. The van der Waals surface area contributed by atoms with Crippen molar-refractivity contribution in [3.05, 3.63) is 0 Å². The summed E-state index contributed by atoms with van der Waals surface area (Å²) < 4.78 is 9.90. The van der Waals surface area contributed by atoms with Gasteiger partial charge < -0.3 is 9.47 Å². The topological polar surface area (TPSA) is 52.6 Å². The fraction of sp³-hybridized carbons (Fsp3) is 0.857. The van der Waals surface area contributed by atoms with Crippen LogP contribution in [0.1, 0.15) is 0 Å². The van der Waals surface area contributed by atoms with Gasteiger partial charge in [-0.25, -0.2) is 0 Å². The van der Waals surface area contributed by atoms with Crippen molar-refractivity contribution in [1.82, 2.24) is 0 Å². The van der Waals surface area contributed by atoms with Gasteiger partial charge in [-0.3, -0.25) is 9.59 Å². The zero-order valence-electron chi connectivity index (χ0n) is 10.4. The van der Waals surface area contributed by atoms with E-state index in [2.05, 4.69) is 0 Å². The molecule has 4 heteroatoms. The van der Waals surface area contributed by atoms with Gasteiger partial charge in [0.1, 0.15) is 0 Å². The number of carbonyl (C=O) groups is 2. The Morgan fingerprint density at radius 1 is 0.611 bits per heavy atom. The lowest BCUT2D eigenvalue weighted by Gasteiger charge is -2.94. The van der Waals surface area contributed by atoms with Crippen LogP contribution in [0.5, 0.6) is 0 Å². The van der Waals surface area contributed by atoms with Gasteiger partial charge in [-0.15, -0.1) is 0 Å². The molecule has 0 aromatic heterocycles. The van der Waals surface area contributed by atoms with E-state index in [-0.39, 0.29) is 23.8 Å². The van der Waals surface area contributed by atoms with Crippen molar-refractivity contribution in [3.63, 3.8) is 0 Å². The zero-order valence-corrected chi connectivity index (χ0v) is 10.4. The van der Waals surface area contributed by atoms with E-state index in [0.29, 0.717) is 11.8 Å². The zero-order chi connectivity index (χ0) is 12.3. The highest BCUT2D eigenvalue weighted by Crippen LogP contribution is 2.93. The monoisotopic (exact) mass is 248 g/mol. The summed E-state index contributed by atoms with van der Waals surface area (Å²) in [6.45, 7) is 0. The molecule has 6 aliphatic rings. The van der Waals surface area contributed by atoms with Crippen LogP contribution in [0.15, 0.2) is 0 Å². The Balaban J connectivity index is 1.56. The Labute approximate surface area is 105 Å². The van der Waals surface area contributed by atoms with Crippen LogP contribution < -0.4 is 0 Å². The molecule has 0 N–H and O–H groups in total. The quantitative estimate of drug-likeness (QED) is 0.670. The van der Waals surface area contributed by atoms with Gasteiger partial charge in [0.25, 0.3) is 0 Å².